The van der Waals surface area contributed by atoms with Crippen LogP contribution >= 0.6 is 0 Å². The summed E-state index contributed by atoms with van der Waals surface area (Å²) in [5, 5.41) is 14.2. The summed E-state index contributed by atoms with van der Waals surface area (Å²) in [4.78, 5) is 29.5. The second-order valence-electron chi connectivity index (χ2n) is 8.36. The molecule has 0 bridgehead atoms. The lowest BCUT2D eigenvalue weighted by atomic mass is 10.1. The second kappa shape index (κ2) is 7.83. The normalized spacial score (nSPS) is 25.8. The van der Waals surface area contributed by atoms with Crippen molar-refractivity contribution in [3.05, 3.63) is 17.0 Å². The maximum Gasteiger partial charge on any atom is 0.274 e. The molecule has 8 nitrogen and oxygen atoms in total. The third kappa shape index (κ3) is 3.80. The number of likely N-dealkylation sites (tertiary alicyclic amines) is 1. The summed E-state index contributed by atoms with van der Waals surface area (Å²) in [6.45, 7) is 6.43. The quantitative estimate of drug-likeness (QED) is 0.817. The Bertz CT molecular complexity index is 744. The molecule has 28 heavy (non-hydrogen) atoms. The zero-order chi connectivity index (χ0) is 19.8. The minimum Gasteiger partial charge on any atom is -0.393 e. The van der Waals surface area contributed by atoms with Crippen LogP contribution in [-0.4, -0.2) is 81.0 Å². The van der Waals surface area contributed by atoms with Crippen molar-refractivity contribution in [2.75, 3.05) is 26.2 Å². The van der Waals surface area contributed by atoms with E-state index in [1.54, 1.807) is 9.58 Å². The standard InChI is InChI=1S/C20H30N4O4/c1-13-10-23(11-14(2)28-13)20(27)19-16-4-3-5-17(16)24(21-19)12-18(26)22-8-6-15(25)7-9-22/h13-15,25H,3-12H2,1-2H3. The Morgan fingerprint density at radius 2 is 1.79 bits per heavy atom. The minimum absolute atomic E-state index is 0.0108. The van der Waals surface area contributed by atoms with Crippen LogP contribution in [0.1, 0.15) is 54.9 Å². The first-order valence-electron chi connectivity index (χ1n) is 10.4. The number of morpholine rings is 1. The molecule has 2 unspecified atom stereocenters. The van der Waals surface area contributed by atoms with Gasteiger partial charge in [0, 0.05) is 37.4 Å². The number of hydrogen-bond acceptors (Lipinski definition) is 5. The van der Waals surface area contributed by atoms with Crippen LogP contribution in [0.5, 0.6) is 0 Å². The summed E-state index contributed by atoms with van der Waals surface area (Å²) < 4.78 is 7.49. The van der Waals surface area contributed by atoms with E-state index >= 15 is 0 Å². The number of hydrogen-bond donors (Lipinski definition) is 1. The number of aliphatic hydroxyl groups is 1. The van der Waals surface area contributed by atoms with Crippen molar-refractivity contribution >= 4 is 11.8 Å². The first kappa shape index (κ1) is 19.4. The number of amides is 2. The number of fused-ring (bicyclic) bond motifs is 1. The highest BCUT2D eigenvalue weighted by Crippen LogP contribution is 2.27. The molecule has 3 aliphatic rings. The number of aromatic nitrogens is 2. The number of carbonyl (C=O) groups is 2. The molecule has 0 aromatic carbocycles. The third-order valence-electron chi connectivity index (χ3n) is 6.02. The van der Waals surface area contributed by atoms with Gasteiger partial charge in [0.05, 0.1) is 18.3 Å². The molecule has 2 amide bonds. The van der Waals surface area contributed by atoms with Crippen molar-refractivity contribution in [2.24, 2.45) is 0 Å². The predicted octanol–water partition coefficient (Wildman–Crippen LogP) is 0.605. The minimum atomic E-state index is -0.305. The van der Waals surface area contributed by atoms with Crippen LogP contribution in [0.25, 0.3) is 0 Å². The number of ether oxygens (including phenoxy) is 1. The largest absolute Gasteiger partial charge is 0.393 e. The van der Waals surface area contributed by atoms with E-state index in [0.717, 1.165) is 30.5 Å². The van der Waals surface area contributed by atoms with Crippen LogP contribution in [0, 0.1) is 0 Å². The Morgan fingerprint density at radius 1 is 1.11 bits per heavy atom. The first-order chi connectivity index (χ1) is 13.4. The third-order valence-corrected chi connectivity index (χ3v) is 6.02. The van der Waals surface area contributed by atoms with Crippen molar-refractivity contribution < 1.29 is 19.4 Å². The predicted molar refractivity (Wildman–Crippen MR) is 102 cm³/mol. The molecule has 2 aliphatic heterocycles. The van der Waals surface area contributed by atoms with E-state index < -0.39 is 0 Å². The number of nitrogens with zero attached hydrogens (tertiary/aromatic N) is 4. The lowest BCUT2D eigenvalue weighted by Crippen LogP contribution is -2.48. The van der Waals surface area contributed by atoms with Crippen molar-refractivity contribution in [1.29, 1.82) is 0 Å². The summed E-state index contributed by atoms with van der Waals surface area (Å²) >= 11 is 0. The van der Waals surface area contributed by atoms with Gasteiger partial charge in [0.15, 0.2) is 5.69 Å². The summed E-state index contributed by atoms with van der Waals surface area (Å²) in [5.74, 6) is -0.0378. The average molecular weight is 390 g/mol. The number of carbonyl (C=O) groups excluding carboxylic acids is 2. The molecule has 0 saturated carbocycles. The fourth-order valence-electron chi connectivity index (χ4n) is 4.65. The SMILES string of the molecule is CC1CN(C(=O)c2nn(CC(=O)N3CCC(O)CC3)c3c2CCC3)CC(C)O1. The lowest BCUT2D eigenvalue weighted by Gasteiger charge is -2.35. The molecule has 2 atom stereocenters. The van der Waals surface area contributed by atoms with Gasteiger partial charge in [-0.1, -0.05) is 0 Å². The molecule has 154 valence electrons. The molecule has 0 radical (unpaired) electrons. The molecule has 8 heteroatoms. The van der Waals surface area contributed by atoms with Crippen LogP contribution in [-0.2, 0) is 28.9 Å². The lowest BCUT2D eigenvalue weighted by molar-refractivity contribution is -0.134. The van der Waals surface area contributed by atoms with E-state index in [1.807, 2.05) is 18.7 Å². The van der Waals surface area contributed by atoms with Gasteiger partial charge >= 0.3 is 0 Å². The van der Waals surface area contributed by atoms with E-state index in [9.17, 15) is 14.7 Å². The van der Waals surface area contributed by atoms with Crippen LogP contribution in [0.2, 0.25) is 0 Å². The molecule has 1 aromatic rings. The molecule has 0 spiro atoms. The fourth-order valence-corrected chi connectivity index (χ4v) is 4.65. The van der Waals surface area contributed by atoms with Crippen LogP contribution in [0.3, 0.4) is 0 Å². The maximum absolute atomic E-state index is 13.2. The highest BCUT2D eigenvalue weighted by atomic mass is 16.5. The van der Waals surface area contributed by atoms with Gasteiger partial charge in [0.1, 0.15) is 6.54 Å². The Balaban J connectivity index is 1.51. The Labute approximate surface area is 165 Å². The van der Waals surface area contributed by atoms with Crippen LogP contribution < -0.4 is 0 Å². The number of rotatable bonds is 3. The average Bonchev–Trinajstić information content (AvgIpc) is 3.25. The monoisotopic (exact) mass is 390 g/mol. The second-order valence-corrected chi connectivity index (χ2v) is 8.36. The van der Waals surface area contributed by atoms with E-state index in [2.05, 4.69) is 5.10 Å². The van der Waals surface area contributed by atoms with Crippen molar-refractivity contribution in [2.45, 2.75) is 70.8 Å². The molecule has 1 aromatic heterocycles. The molecule has 3 heterocycles. The summed E-state index contributed by atoms with van der Waals surface area (Å²) in [7, 11) is 0. The van der Waals surface area contributed by atoms with Gasteiger partial charge in [-0.2, -0.15) is 5.10 Å². The topological polar surface area (TPSA) is 87.9 Å². The molecule has 1 N–H and O–H groups in total. The van der Waals surface area contributed by atoms with Crippen molar-refractivity contribution in [1.82, 2.24) is 19.6 Å². The van der Waals surface area contributed by atoms with Gasteiger partial charge < -0.3 is 19.6 Å². The van der Waals surface area contributed by atoms with E-state index in [0.29, 0.717) is 44.7 Å². The summed E-state index contributed by atoms with van der Waals surface area (Å²) in [6.07, 6.45) is 3.67. The summed E-state index contributed by atoms with van der Waals surface area (Å²) in [6, 6.07) is 0. The van der Waals surface area contributed by atoms with Crippen molar-refractivity contribution in [3.8, 4) is 0 Å². The highest BCUT2D eigenvalue weighted by Gasteiger charge is 2.33. The zero-order valence-corrected chi connectivity index (χ0v) is 16.8. The van der Waals surface area contributed by atoms with Gasteiger partial charge in [-0.25, -0.2) is 0 Å². The Kier molecular flexibility index (Phi) is 5.42. The zero-order valence-electron chi connectivity index (χ0n) is 16.8. The van der Waals surface area contributed by atoms with Gasteiger partial charge in [0.25, 0.3) is 5.91 Å². The molecule has 2 fully saturated rings. The molecule has 4 rings (SSSR count). The van der Waals surface area contributed by atoms with Gasteiger partial charge in [-0.05, 0) is 46.0 Å². The Hall–Kier alpha value is -1.93. The molecule has 1 aliphatic carbocycles. The smallest absolute Gasteiger partial charge is 0.274 e. The van der Waals surface area contributed by atoms with Crippen molar-refractivity contribution in [3.63, 3.8) is 0 Å². The first-order valence-corrected chi connectivity index (χ1v) is 10.4. The fraction of sp³-hybridized carbons (Fsp3) is 0.750. The van der Waals surface area contributed by atoms with Gasteiger partial charge in [-0.3, -0.25) is 14.3 Å². The number of piperidine rings is 1. The van der Waals surface area contributed by atoms with E-state index in [4.69, 9.17) is 4.74 Å². The van der Waals surface area contributed by atoms with Gasteiger partial charge in [-0.15, -0.1) is 0 Å². The highest BCUT2D eigenvalue weighted by molar-refractivity contribution is 5.94. The molecular formula is C20H30N4O4. The Morgan fingerprint density at radius 3 is 2.46 bits per heavy atom. The van der Waals surface area contributed by atoms with E-state index in [1.165, 1.54) is 0 Å². The van der Waals surface area contributed by atoms with Crippen LogP contribution in [0.4, 0.5) is 0 Å². The maximum atomic E-state index is 13.2. The van der Waals surface area contributed by atoms with Crippen LogP contribution in [0.15, 0.2) is 0 Å². The summed E-state index contributed by atoms with van der Waals surface area (Å²) in [5.41, 5.74) is 2.55. The van der Waals surface area contributed by atoms with Gasteiger partial charge in [0.2, 0.25) is 5.91 Å². The number of aliphatic hydroxyl groups excluding tert-OH is 1. The molecule has 2 saturated heterocycles. The van der Waals surface area contributed by atoms with E-state index in [-0.39, 0.29) is 36.7 Å². The molecular weight excluding hydrogens is 360 g/mol.